The fourth-order valence-corrected chi connectivity index (χ4v) is 3.35. The summed E-state index contributed by atoms with van der Waals surface area (Å²) in [7, 11) is 0. The zero-order chi connectivity index (χ0) is 17.6. The Morgan fingerprint density at radius 3 is 2.50 bits per heavy atom. The van der Waals surface area contributed by atoms with E-state index in [-0.39, 0.29) is 11.9 Å². The number of anilines is 1. The Bertz CT molecular complexity index is 752. The van der Waals surface area contributed by atoms with Crippen LogP contribution in [0.4, 0.5) is 5.95 Å². The summed E-state index contributed by atoms with van der Waals surface area (Å²) < 4.78 is 7.43. The monoisotopic (exact) mass is 393 g/mol. The molecule has 6 nitrogen and oxygen atoms in total. The van der Waals surface area contributed by atoms with Crippen molar-refractivity contribution in [3.05, 3.63) is 22.2 Å². The van der Waals surface area contributed by atoms with E-state index in [0.717, 1.165) is 0 Å². The molecule has 1 fully saturated rings. The van der Waals surface area contributed by atoms with Crippen molar-refractivity contribution in [2.45, 2.75) is 44.4 Å². The molecule has 132 valence electrons. The van der Waals surface area contributed by atoms with Gasteiger partial charge in [0.25, 0.3) is 0 Å². The molecule has 1 aromatic carbocycles. The molecule has 1 aliphatic heterocycles. The molecule has 4 atom stereocenters. The summed E-state index contributed by atoms with van der Waals surface area (Å²) >= 11 is 18.0. The van der Waals surface area contributed by atoms with Gasteiger partial charge in [0, 0.05) is 6.04 Å². The van der Waals surface area contributed by atoms with Crippen molar-refractivity contribution >= 4 is 51.8 Å². The molecular weight excluding hydrogens is 377 g/mol. The van der Waals surface area contributed by atoms with Crippen LogP contribution in [0.3, 0.4) is 0 Å². The van der Waals surface area contributed by atoms with E-state index < -0.39 is 24.5 Å². The van der Waals surface area contributed by atoms with Gasteiger partial charge in [-0.3, -0.25) is 4.57 Å². The Kier molecular flexibility index (Phi) is 5.16. The minimum Gasteiger partial charge on any atom is -0.387 e. The lowest BCUT2D eigenvalue weighted by Gasteiger charge is -2.21. The second-order valence-corrected chi connectivity index (χ2v) is 7.18. The van der Waals surface area contributed by atoms with Gasteiger partial charge in [0.05, 0.1) is 27.0 Å². The van der Waals surface area contributed by atoms with Crippen LogP contribution in [0.5, 0.6) is 0 Å². The molecule has 0 radical (unpaired) electrons. The number of nitrogens with zero attached hydrogens (tertiary/aromatic N) is 2. The van der Waals surface area contributed by atoms with Crippen LogP contribution in [-0.4, -0.2) is 50.0 Å². The Morgan fingerprint density at radius 1 is 1.25 bits per heavy atom. The second-order valence-electron chi connectivity index (χ2n) is 6.06. The van der Waals surface area contributed by atoms with Gasteiger partial charge in [0.2, 0.25) is 5.95 Å². The van der Waals surface area contributed by atoms with Crippen molar-refractivity contribution in [3.63, 3.8) is 0 Å². The quantitative estimate of drug-likeness (QED) is 0.695. The van der Waals surface area contributed by atoms with E-state index in [1.807, 2.05) is 13.8 Å². The average Bonchev–Trinajstić information content (AvgIpc) is 2.97. The molecule has 1 saturated heterocycles. The van der Waals surface area contributed by atoms with Gasteiger partial charge in [0.1, 0.15) is 18.3 Å². The zero-order valence-electron chi connectivity index (χ0n) is 13.1. The predicted molar refractivity (Wildman–Crippen MR) is 95.2 cm³/mol. The first-order chi connectivity index (χ1) is 11.3. The number of nitrogens with one attached hydrogen (secondary N) is 1. The third-order valence-corrected chi connectivity index (χ3v) is 4.92. The van der Waals surface area contributed by atoms with Crippen molar-refractivity contribution in [1.82, 2.24) is 9.55 Å². The third kappa shape index (κ3) is 3.07. The van der Waals surface area contributed by atoms with Crippen molar-refractivity contribution in [3.8, 4) is 0 Å². The summed E-state index contributed by atoms with van der Waals surface area (Å²) in [6.07, 6.45) is -3.74. The smallest absolute Gasteiger partial charge is 0.206 e. The number of rotatable bonds is 4. The highest BCUT2D eigenvalue weighted by molar-refractivity contribution is 6.42. The highest BCUT2D eigenvalue weighted by Crippen LogP contribution is 2.37. The Hall–Kier alpha value is -0.760. The van der Waals surface area contributed by atoms with Crippen molar-refractivity contribution in [2.75, 3.05) is 11.2 Å². The number of aliphatic hydroxyl groups excluding tert-OH is 2. The Balaban J connectivity index is 2.15. The lowest BCUT2D eigenvalue weighted by Crippen LogP contribution is -2.32. The lowest BCUT2D eigenvalue weighted by molar-refractivity contribution is -0.0276. The molecule has 0 spiro atoms. The maximum Gasteiger partial charge on any atom is 0.206 e. The molecule has 2 heterocycles. The van der Waals surface area contributed by atoms with E-state index in [4.69, 9.17) is 39.5 Å². The SMILES string of the molecule is CC(C)Nc1nc2cc(Cl)c(Cl)cc2n1[C@H]1O[C@@H](CCl)[C@H](O)[C@@H]1O. The highest BCUT2D eigenvalue weighted by Gasteiger charge is 2.44. The van der Waals surface area contributed by atoms with Crippen LogP contribution >= 0.6 is 34.8 Å². The van der Waals surface area contributed by atoms with Crippen LogP contribution in [-0.2, 0) is 4.74 Å². The standard InChI is InChI=1S/C15H18Cl3N3O3/c1-6(2)19-15-20-9-3-7(17)8(18)4-10(9)21(15)14-13(23)12(22)11(5-16)24-14/h3-4,6,11-14,22-23H,5H2,1-2H3,(H,19,20)/t11-,12-,13-,14-/m0/s1. The number of halogens is 3. The van der Waals surface area contributed by atoms with Crippen LogP contribution < -0.4 is 5.32 Å². The number of hydrogen-bond acceptors (Lipinski definition) is 5. The molecular formula is C15H18Cl3N3O3. The van der Waals surface area contributed by atoms with E-state index >= 15 is 0 Å². The van der Waals surface area contributed by atoms with Crippen LogP contribution in [0, 0.1) is 0 Å². The fourth-order valence-electron chi connectivity index (χ4n) is 2.78. The summed E-state index contributed by atoms with van der Waals surface area (Å²) in [5.41, 5.74) is 1.24. The van der Waals surface area contributed by atoms with Gasteiger partial charge in [-0.15, -0.1) is 11.6 Å². The summed E-state index contributed by atoms with van der Waals surface area (Å²) in [5, 5.41) is 24.5. The number of benzene rings is 1. The lowest BCUT2D eigenvalue weighted by atomic mass is 10.1. The van der Waals surface area contributed by atoms with Crippen LogP contribution in [0.15, 0.2) is 12.1 Å². The van der Waals surface area contributed by atoms with Gasteiger partial charge < -0.3 is 20.3 Å². The van der Waals surface area contributed by atoms with Gasteiger partial charge >= 0.3 is 0 Å². The number of aliphatic hydroxyl groups is 2. The first kappa shape index (κ1) is 18.0. The van der Waals surface area contributed by atoms with E-state index in [2.05, 4.69) is 10.3 Å². The Labute approximate surface area is 154 Å². The molecule has 1 aliphatic rings. The minimum absolute atomic E-state index is 0.0703. The highest BCUT2D eigenvalue weighted by atomic mass is 35.5. The molecule has 1 aromatic heterocycles. The number of aromatic nitrogens is 2. The van der Waals surface area contributed by atoms with E-state index in [0.29, 0.717) is 27.0 Å². The third-order valence-electron chi connectivity index (χ3n) is 3.89. The molecule has 3 N–H and O–H groups in total. The number of ether oxygens (including phenoxy) is 1. The molecule has 0 bridgehead atoms. The molecule has 2 aromatic rings. The minimum atomic E-state index is -1.15. The first-order valence-corrected chi connectivity index (χ1v) is 8.83. The molecule has 0 saturated carbocycles. The maximum absolute atomic E-state index is 10.4. The summed E-state index contributed by atoms with van der Waals surface area (Å²) in [5.74, 6) is 0.561. The number of imidazole rings is 1. The first-order valence-electron chi connectivity index (χ1n) is 7.54. The van der Waals surface area contributed by atoms with Crippen LogP contribution in [0.2, 0.25) is 10.0 Å². The second kappa shape index (κ2) is 6.86. The molecule has 0 unspecified atom stereocenters. The summed E-state index contributed by atoms with van der Waals surface area (Å²) in [4.78, 5) is 4.51. The normalized spacial score (nSPS) is 27.3. The van der Waals surface area contributed by atoms with Crippen molar-refractivity contribution in [1.29, 1.82) is 0 Å². The van der Waals surface area contributed by atoms with Gasteiger partial charge in [-0.2, -0.15) is 0 Å². The number of alkyl halides is 1. The maximum atomic E-state index is 10.4. The molecule has 9 heteroatoms. The van der Waals surface area contributed by atoms with Crippen LogP contribution in [0.25, 0.3) is 11.0 Å². The summed E-state index contributed by atoms with van der Waals surface area (Å²) in [6.45, 7) is 3.93. The number of hydrogen-bond donors (Lipinski definition) is 3. The fraction of sp³-hybridized carbons (Fsp3) is 0.533. The Morgan fingerprint density at radius 2 is 1.92 bits per heavy atom. The predicted octanol–water partition coefficient (Wildman–Crippen LogP) is 3.02. The largest absolute Gasteiger partial charge is 0.387 e. The van der Waals surface area contributed by atoms with E-state index in [1.165, 1.54) is 0 Å². The van der Waals surface area contributed by atoms with Gasteiger partial charge in [-0.25, -0.2) is 4.98 Å². The molecule has 3 rings (SSSR count). The van der Waals surface area contributed by atoms with E-state index in [1.54, 1.807) is 16.7 Å². The average molecular weight is 395 g/mol. The number of fused-ring (bicyclic) bond motifs is 1. The van der Waals surface area contributed by atoms with Gasteiger partial charge in [-0.05, 0) is 26.0 Å². The molecule has 0 amide bonds. The topological polar surface area (TPSA) is 79.5 Å². The zero-order valence-corrected chi connectivity index (χ0v) is 15.3. The van der Waals surface area contributed by atoms with Gasteiger partial charge in [0.15, 0.2) is 6.23 Å². The summed E-state index contributed by atoms with van der Waals surface area (Å²) in [6, 6.07) is 3.41. The molecule has 24 heavy (non-hydrogen) atoms. The van der Waals surface area contributed by atoms with Crippen molar-refractivity contribution < 1.29 is 14.9 Å². The van der Waals surface area contributed by atoms with E-state index in [9.17, 15) is 10.2 Å². The molecule has 0 aliphatic carbocycles. The van der Waals surface area contributed by atoms with Crippen LogP contribution in [0.1, 0.15) is 20.1 Å². The van der Waals surface area contributed by atoms with Crippen molar-refractivity contribution in [2.24, 2.45) is 0 Å². The van der Waals surface area contributed by atoms with Gasteiger partial charge in [-0.1, -0.05) is 23.2 Å².